The fraction of sp³-hybridized carbons (Fsp3) is 0.611. The van der Waals surface area contributed by atoms with E-state index < -0.39 is 10.0 Å². The second-order valence-electron chi connectivity index (χ2n) is 7.19. The number of benzene rings is 1. The van der Waals surface area contributed by atoms with Gasteiger partial charge in [0.1, 0.15) is 0 Å². The molecule has 2 heterocycles. The second-order valence-corrected chi connectivity index (χ2v) is 9.56. The molecule has 2 atom stereocenters. The Kier molecular flexibility index (Phi) is 6.43. The van der Waals surface area contributed by atoms with Crippen LogP contribution < -0.4 is 0 Å². The molecule has 2 aliphatic heterocycles. The maximum atomic E-state index is 12.7. The highest BCUT2D eigenvalue weighted by molar-refractivity contribution is 7.89. The Morgan fingerprint density at radius 2 is 1.63 bits per heavy atom. The number of ether oxygens (including phenoxy) is 1. The largest absolute Gasteiger partial charge is 0.372 e. The van der Waals surface area contributed by atoms with Gasteiger partial charge in [0.15, 0.2) is 0 Å². The number of rotatable bonds is 4. The average Bonchev–Trinajstić information content (AvgIpc) is 2.61. The Hall–Kier alpha value is -1.19. The van der Waals surface area contributed by atoms with Crippen molar-refractivity contribution in [3.05, 3.63) is 29.3 Å². The van der Waals surface area contributed by atoms with Crippen molar-refractivity contribution in [3.63, 3.8) is 0 Å². The summed E-state index contributed by atoms with van der Waals surface area (Å²) < 4.78 is 32.6. The number of hydrogen-bond acceptors (Lipinski definition) is 5. The van der Waals surface area contributed by atoms with Gasteiger partial charge in [0.05, 0.1) is 23.6 Å². The van der Waals surface area contributed by atoms with Crippen LogP contribution in [0.3, 0.4) is 0 Å². The van der Waals surface area contributed by atoms with Crippen LogP contribution in [0.1, 0.15) is 13.8 Å². The maximum absolute atomic E-state index is 12.7. The SMILES string of the molecule is C[C@@H]1CN(C(=O)CN2CCN(S(=O)(=O)c3ccc(Cl)cc3)CC2)C[C@H](C)O1. The molecule has 2 aliphatic rings. The van der Waals surface area contributed by atoms with E-state index in [0.29, 0.717) is 50.8 Å². The molecule has 9 heteroatoms. The molecule has 0 bridgehead atoms. The summed E-state index contributed by atoms with van der Waals surface area (Å²) in [5.41, 5.74) is 0. The summed E-state index contributed by atoms with van der Waals surface area (Å²) in [5, 5.41) is 0.504. The van der Waals surface area contributed by atoms with Crippen LogP contribution in [0.4, 0.5) is 0 Å². The number of hydrogen-bond donors (Lipinski definition) is 0. The molecular formula is C18H26ClN3O4S. The van der Waals surface area contributed by atoms with Gasteiger partial charge in [-0.1, -0.05) is 11.6 Å². The summed E-state index contributed by atoms with van der Waals surface area (Å²) in [6, 6.07) is 6.20. The zero-order valence-electron chi connectivity index (χ0n) is 15.7. The first-order valence-corrected chi connectivity index (χ1v) is 11.0. The number of halogens is 1. The highest BCUT2D eigenvalue weighted by atomic mass is 35.5. The lowest BCUT2D eigenvalue weighted by atomic mass is 10.2. The molecule has 2 saturated heterocycles. The lowest BCUT2D eigenvalue weighted by Gasteiger charge is -2.38. The van der Waals surface area contributed by atoms with Gasteiger partial charge >= 0.3 is 0 Å². The minimum absolute atomic E-state index is 0.0408. The van der Waals surface area contributed by atoms with Gasteiger partial charge in [0.2, 0.25) is 15.9 Å². The molecule has 0 unspecified atom stereocenters. The van der Waals surface area contributed by atoms with E-state index in [9.17, 15) is 13.2 Å². The van der Waals surface area contributed by atoms with Gasteiger partial charge in [0, 0.05) is 44.3 Å². The Morgan fingerprint density at radius 1 is 1.07 bits per heavy atom. The molecule has 0 aromatic heterocycles. The number of piperazine rings is 1. The van der Waals surface area contributed by atoms with Gasteiger partial charge in [-0.2, -0.15) is 4.31 Å². The van der Waals surface area contributed by atoms with Crippen LogP contribution in [-0.2, 0) is 19.6 Å². The van der Waals surface area contributed by atoms with E-state index in [1.807, 2.05) is 23.6 Å². The zero-order valence-corrected chi connectivity index (χ0v) is 17.2. The summed E-state index contributed by atoms with van der Waals surface area (Å²) in [6.45, 7) is 7.27. The highest BCUT2D eigenvalue weighted by Crippen LogP contribution is 2.20. The van der Waals surface area contributed by atoms with Crippen molar-refractivity contribution in [3.8, 4) is 0 Å². The third-order valence-corrected chi connectivity index (χ3v) is 7.08. The number of carbonyl (C=O) groups is 1. The van der Waals surface area contributed by atoms with Crippen molar-refractivity contribution in [2.24, 2.45) is 0 Å². The van der Waals surface area contributed by atoms with Gasteiger partial charge in [-0.05, 0) is 38.1 Å². The van der Waals surface area contributed by atoms with Gasteiger partial charge in [0.25, 0.3) is 0 Å². The third kappa shape index (κ3) is 5.00. The molecule has 0 radical (unpaired) electrons. The first-order chi connectivity index (χ1) is 12.8. The van der Waals surface area contributed by atoms with Crippen molar-refractivity contribution >= 4 is 27.5 Å². The zero-order chi connectivity index (χ0) is 19.6. The van der Waals surface area contributed by atoms with Crippen LogP contribution in [0.25, 0.3) is 0 Å². The van der Waals surface area contributed by atoms with E-state index in [0.717, 1.165) is 0 Å². The standard InChI is InChI=1S/C18H26ClN3O4S/c1-14-11-21(12-15(2)26-14)18(23)13-20-7-9-22(10-8-20)27(24,25)17-5-3-16(19)4-6-17/h3-6,14-15H,7-13H2,1-2H3/t14-,15+. The highest BCUT2D eigenvalue weighted by Gasteiger charge is 2.31. The summed E-state index contributed by atoms with van der Waals surface area (Å²) in [4.78, 5) is 16.7. The third-order valence-electron chi connectivity index (χ3n) is 4.91. The quantitative estimate of drug-likeness (QED) is 0.741. The predicted octanol–water partition coefficient (Wildman–Crippen LogP) is 1.28. The first-order valence-electron chi connectivity index (χ1n) is 9.17. The van der Waals surface area contributed by atoms with Crippen LogP contribution >= 0.6 is 11.6 Å². The fourth-order valence-corrected chi connectivity index (χ4v) is 5.10. The molecule has 150 valence electrons. The topological polar surface area (TPSA) is 70.2 Å². The molecule has 1 amide bonds. The van der Waals surface area contributed by atoms with E-state index in [2.05, 4.69) is 0 Å². The van der Waals surface area contributed by atoms with Crippen LogP contribution in [0.2, 0.25) is 5.02 Å². The lowest BCUT2D eigenvalue weighted by Crippen LogP contribution is -2.54. The molecule has 1 aromatic rings. The van der Waals surface area contributed by atoms with Crippen molar-refractivity contribution in [2.45, 2.75) is 31.0 Å². The first kappa shape index (κ1) is 20.5. The van der Waals surface area contributed by atoms with E-state index in [1.54, 1.807) is 12.1 Å². The van der Waals surface area contributed by atoms with E-state index in [4.69, 9.17) is 16.3 Å². The molecule has 0 N–H and O–H groups in total. The summed E-state index contributed by atoms with van der Waals surface area (Å²) in [5.74, 6) is 0.0750. The second kappa shape index (κ2) is 8.45. The van der Waals surface area contributed by atoms with E-state index in [-0.39, 0.29) is 23.0 Å². The van der Waals surface area contributed by atoms with Crippen LogP contribution in [0.15, 0.2) is 29.2 Å². The van der Waals surface area contributed by atoms with E-state index in [1.165, 1.54) is 16.4 Å². The van der Waals surface area contributed by atoms with Crippen LogP contribution in [0.5, 0.6) is 0 Å². The maximum Gasteiger partial charge on any atom is 0.243 e. The number of amides is 1. The monoisotopic (exact) mass is 415 g/mol. The van der Waals surface area contributed by atoms with Gasteiger partial charge in [-0.25, -0.2) is 8.42 Å². The summed E-state index contributed by atoms with van der Waals surface area (Å²) in [6.07, 6.45) is 0.0816. The predicted molar refractivity (Wildman–Crippen MR) is 103 cm³/mol. The number of carbonyl (C=O) groups excluding carboxylic acids is 1. The molecule has 2 fully saturated rings. The van der Waals surface area contributed by atoms with Crippen molar-refractivity contribution in [1.29, 1.82) is 0 Å². The van der Waals surface area contributed by atoms with Crippen molar-refractivity contribution in [2.75, 3.05) is 45.8 Å². The number of morpholine rings is 1. The summed E-state index contributed by atoms with van der Waals surface area (Å²) >= 11 is 5.84. The molecule has 3 rings (SSSR count). The molecule has 0 saturated carbocycles. The van der Waals surface area contributed by atoms with Gasteiger partial charge in [-0.3, -0.25) is 9.69 Å². The van der Waals surface area contributed by atoms with Crippen molar-refractivity contribution < 1.29 is 17.9 Å². The average molecular weight is 416 g/mol. The lowest BCUT2D eigenvalue weighted by molar-refractivity contribution is -0.144. The van der Waals surface area contributed by atoms with Gasteiger partial charge in [-0.15, -0.1) is 0 Å². The number of sulfonamides is 1. The Bertz CT molecular complexity index is 753. The Balaban J connectivity index is 1.54. The summed E-state index contributed by atoms with van der Waals surface area (Å²) in [7, 11) is -3.53. The minimum atomic E-state index is -3.53. The van der Waals surface area contributed by atoms with Crippen LogP contribution in [-0.4, -0.2) is 86.5 Å². The molecule has 0 aliphatic carbocycles. The molecular weight excluding hydrogens is 390 g/mol. The molecule has 0 spiro atoms. The molecule has 7 nitrogen and oxygen atoms in total. The van der Waals surface area contributed by atoms with Gasteiger partial charge < -0.3 is 9.64 Å². The molecule has 27 heavy (non-hydrogen) atoms. The smallest absolute Gasteiger partial charge is 0.243 e. The minimum Gasteiger partial charge on any atom is -0.372 e. The van der Waals surface area contributed by atoms with E-state index >= 15 is 0 Å². The molecule has 1 aromatic carbocycles. The fourth-order valence-electron chi connectivity index (χ4n) is 3.56. The van der Waals surface area contributed by atoms with Crippen molar-refractivity contribution in [1.82, 2.24) is 14.1 Å². The Morgan fingerprint density at radius 3 is 2.19 bits per heavy atom. The van der Waals surface area contributed by atoms with Crippen LogP contribution in [0, 0.1) is 0 Å². The number of nitrogens with zero attached hydrogens (tertiary/aromatic N) is 3. The Labute approximate surface area is 165 Å². The normalized spacial score (nSPS) is 25.5.